The van der Waals surface area contributed by atoms with Crippen LogP contribution < -0.4 is 16.0 Å². The van der Waals surface area contributed by atoms with Crippen LogP contribution in [0.1, 0.15) is 41.0 Å². The summed E-state index contributed by atoms with van der Waals surface area (Å²) in [6, 6.07) is 0.608. The Morgan fingerprint density at radius 3 is 2.58 bits per heavy atom. The third kappa shape index (κ3) is 6.78. The van der Waals surface area contributed by atoms with Gasteiger partial charge in [-0.25, -0.2) is 4.79 Å². The Hall–Kier alpha value is -0.810. The predicted octanol–water partition coefficient (Wildman–Crippen LogP) is 1.49. The molecule has 2 atom stereocenters. The Bertz CT molecular complexity index is 281. The van der Waals surface area contributed by atoms with E-state index in [2.05, 4.69) is 29.8 Å². The van der Waals surface area contributed by atoms with Crippen LogP contribution in [0.3, 0.4) is 0 Å². The lowest BCUT2D eigenvalue weighted by molar-refractivity contribution is 0.0489. The highest BCUT2D eigenvalue weighted by Crippen LogP contribution is 2.09. The highest BCUT2D eigenvalue weighted by Gasteiger charge is 2.22. The van der Waals surface area contributed by atoms with Crippen molar-refractivity contribution in [3.63, 3.8) is 0 Å². The van der Waals surface area contributed by atoms with Crippen LogP contribution in [-0.2, 0) is 4.74 Å². The lowest BCUT2D eigenvalue weighted by atomic mass is 10.0. The van der Waals surface area contributed by atoms with Crippen LogP contribution in [-0.4, -0.2) is 43.4 Å². The number of ether oxygens (including phenoxy) is 1. The zero-order chi connectivity index (χ0) is 14.5. The minimum atomic E-state index is -0.450. The number of nitrogens with one attached hydrogen (secondary N) is 3. The second-order valence-corrected chi connectivity index (χ2v) is 6.59. The topological polar surface area (TPSA) is 62.4 Å². The Kier molecular flexibility index (Phi) is 6.07. The lowest BCUT2D eigenvalue weighted by Gasteiger charge is -2.27. The molecule has 0 aromatic carbocycles. The van der Waals surface area contributed by atoms with E-state index in [0.717, 1.165) is 26.1 Å². The molecule has 0 aromatic heterocycles. The summed E-state index contributed by atoms with van der Waals surface area (Å²) in [5, 5.41) is 9.77. The summed E-state index contributed by atoms with van der Waals surface area (Å²) in [6.45, 7) is 12.7. The highest BCUT2D eigenvalue weighted by molar-refractivity contribution is 5.68. The summed E-state index contributed by atoms with van der Waals surface area (Å²) >= 11 is 0. The van der Waals surface area contributed by atoms with Crippen molar-refractivity contribution in [3.05, 3.63) is 0 Å². The van der Waals surface area contributed by atoms with E-state index >= 15 is 0 Å². The summed E-state index contributed by atoms with van der Waals surface area (Å²) in [5.41, 5.74) is -0.450. The summed E-state index contributed by atoms with van der Waals surface area (Å²) in [5.74, 6) is 0.370. The molecule has 1 rings (SSSR count). The van der Waals surface area contributed by atoms with E-state index in [1.165, 1.54) is 0 Å². The molecule has 0 saturated carbocycles. The molecule has 1 aliphatic heterocycles. The first-order chi connectivity index (χ1) is 8.78. The van der Waals surface area contributed by atoms with E-state index in [4.69, 9.17) is 4.74 Å². The van der Waals surface area contributed by atoms with Gasteiger partial charge in [0.1, 0.15) is 5.60 Å². The van der Waals surface area contributed by atoms with Crippen LogP contribution >= 0.6 is 0 Å². The van der Waals surface area contributed by atoms with Gasteiger partial charge in [-0.2, -0.15) is 0 Å². The molecule has 112 valence electrons. The van der Waals surface area contributed by atoms with E-state index in [1.54, 1.807) is 0 Å². The Balaban J connectivity index is 2.37. The molecule has 2 unspecified atom stereocenters. The minimum absolute atomic E-state index is 0.0930. The van der Waals surface area contributed by atoms with Crippen molar-refractivity contribution in [2.24, 2.45) is 5.92 Å². The SMILES string of the molecule is CC(C)C(CNC1CCNC1)NC(=O)OC(C)(C)C. The molecule has 19 heavy (non-hydrogen) atoms. The molecule has 5 nitrogen and oxygen atoms in total. The second-order valence-electron chi connectivity index (χ2n) is 6.59. The van der Waals surface area contributed by atoms with Crippen LogP contribution in [0.25, 0.3) is 0 Å². The Labute approximate surface area is 116 Å². The highest BCUT2D eigenvalue weighted by atomic mass is 16.6. The molecule has 1 heterocycles. The summed E-state index contributed by atoms with van der Waals surface area (Å²) < 4.78 is 5.30. The van der Waals surface area contributed by atoms with Gasteiger partial charge in [0.2, 0.25) is 0 Å². The van der Waals surface area contributed by atoms with E-state index in [9.17, 15) is 4.79 Å². The fourth-order valence-corrected chi connectivity index (χ4v) is 2.03. The third-order valence-corrected chi connectivity index (χ3v) is 3.19. The monoisotopic (exact) mass is 271 g/mol. The number of hydrogen-bond donors (Lipinski definition) is 3. The zero-order valence-electron chi connectivity index (χ0n) is 12.9. The first-order valence-electron chi connectivity index (χ1n) is 7.21. The quantitative estimate of drug-likeness (QED) is 0.709. The average Bonchev–Trinajstić information content (AvgIpc) is 2.73. The number of hydrogen-bond acceptors (Lipinski definition) is 4. The molecular formula is C14H29N3O2. The molecule has 0 radical (unpaired) electrons. The minimum Gasteiger partial charge on any atom is -0.444 e. The van der Waals surface area contributed by atoms with Crippen LogP contribution in [0.15, 0.2) is 0 Å². The number of rotatable bonds is 5. The molecule has 0 aliphatic carbocycles. The largest absolute Gasteiger partial charge is 0.444 e. The van der Waals surface area contributed by atoms with Crippen molar-refractivity contribution >= 4 is 6.09 Å². The van der Waals surface area contributed by atoms with Crippen molar-refractivity contribution in [3.8, 4) is 0 Å². The van der Waals surface area contributed by atoms with E-state index in [1.807, 2.05) is 20.8 Å². The zero-order valence-corrected chi connectivity index (χ0v) is 12.9. The maximum Gasteiger partial charge on any atom is 0.407 e. The predicted molar refractivity (Wildman–Crippen MR) is 77.3 cm³/mol. The van der Waals surface area contributed by atoms with E-state index in [0.29, 0.717) is 12.0 Å². The molecule has 3 N–H and O–H groups in total. The van der Waals surface area contributed by atoms with Gasteiger partial charge in [0.05, 0.1) is 0 Å². The van der Waals surface area contributed by atoms with Gasteiger partial charge in [-0.15, -0.1) is 0 Å². The van der Waals surface area contributed by atoms with Gasteiger partial charge in [-0.05, 0) is 39.7 Å². The Morgan fingerprint density at radius 2 is 2.11 bits per heavy atom. The lowest BCUT2D eigenvalue weighted by Crippen LogP contribution is -2.49. The number of alkyl carbamates (subject to hydrolysis) is 1. The maximum atomic E-state index is 11.8. The fourth-order valence-electron chi connectivity index (χ4n) is 2.03. The molecular weight excluding hydrogens is 242 g/mol. The Morgan fingerprint density at radius 1 is 1.42 bits per heavy atom. The van der Waals surface area contributed by atoms with Crippen molar-refractivity contribution in [2.45, 2.75) is 58.7 Å². The van der Waals surface area contributed by atoms with Gasteiger partial charge in [-0.3, -0.25) is 0 Å². The smallest absolute Gasteiger partial charge is 0.407 e. The van der Waals surface area contributed by atoms with E-state index in [-0.39, 0.29) is 12.1 Å². The van der Waals surface area contributed by atoms with Crippen LogP contribution in [0.5, 0.6) is 0 Å². The van der Waals surface area contributed by atoms with Crippen molar-refractivity contribution < 1.29 is 9.53 Å². The van der Waals surface area contributed by atoms with E-state index < -0.39 is 5.60 Å². The standard InChI is InChI=1S/C14H29N3O2/c1-10(2)12(9-16-11-6-7-15-8-11)17-13(18)19-14(3,4)5/h10-12,15-16H,6-9H2,1-5H3,(H,17,18). The van der Waals surface area contributed by atoms with Gasteiger partial charge >= 0.3 is 6.09 Å². The normalized spacial score (nSPS) is 21.5. The molecule has 5 heteroatoms. The van der Waals surface area contributed by atoms with Crippen molar-refractivity contribution in [1.29, 1.82) is 0 Å². The number of carbonyl (C=O) groups is 1. The summed E-state index contributed by atoms with van der Waals surface area (Å²) in [7, 11) is 0. The molecule has 1 amide bonds. The van der Waals surface area contributed by atoms with Crippen molar-refractivity contribution in [1.82, 2.24) is 16.0 Å². The molecule has 1 fully saturated rings. The second kappa shape index (κ2) is 7.10. The van der Waals surface area contributed by atoms with Crippen LogP contribution in [0.2, 0.25) is 0 Å². The van der Waals surface area contributed by atoms with Gasteiger partial charge < -0.3 is 20.7 Å². The molecule has 0 spiro atoms. The van der Waals surface area contributed by atoms with Crippen molar-refractivity contribution in [2.75, 3.05) is 19.6 Å². The fraction of sp³-hybridized carbons (Fsp3) is 0.929. The van der Waals surface area contributed by atoms with Gasteiger partial charge in [0.25, 0.3) is 0 Å². The number of carbonyl (C=O) groups excluding carboxylic acids is 1. The molecule has 0 aromatic rings. The van der Waals surface area contributed by atoms with Gasteiger partial charge in [0.15, 0.2) is 0 Å². The summed E-state index contributed by atoms with van der Waals surface area (Å²) in [4.78, 5) is 11.8. The number of amides is 1. The first-order valence-corrected chi connectivity index (χ1v) is 7.21. The van der Waals surface area contributed by atoms with Gasteiger partial charge in [-0.1, -0.05) is 13.8 Å². The molecule has 0 bridgehead atoms. The summed E-state index contributed by atoms with van der Waals surface area (Å²) in [6.07, 6.45) is 0.814. The molecule has 1 saturated heterocycles. The van der Waals surface area contributed by atoms with Crippen LogP contribution in [0.4, 0.5) is 4.79 Å². The maximum absolute atomic E-state index is 11.8. The van der Waals surface area contributed by atoms with Crippen LogP contribution in [0, 0.1) is 5.92 Å². The van der Waals surface area contributed by atoms with Gasteiger partial charge in [0, 0.05) is 25.2 Å². The average molecular weight is 271 g/mol. The molecule has 1 aliphatic rings. The third-order valence-electron chi connectivity index (χ3n) is 3.19. The first kappa shape index (κ1) is 16.2.